The van der Waals surface area contributed by atoms with Gasteiger partial charge < -0.3 is 9.42 Å². The third-order valence-electron chi connectivity index (χ3n) is 9.71. The molecule has 0 radical (unpaired) electrons. The lowest BCUT2D eigenvalue weighted by atomic mass is 9.95. The van der Waals surface area contributed by atoms with Crippen molar-refractivity contribution < 1.29 is 26.9 Å². The van der Waals surface area contributed by atoms with Crippen LogP contribution in [0.2, 0.25) is 0 Å². The van der Waals surface area contributed by atoms with Crippen molar-refractivity contribution in [3.63, 3.8) is 0 Å². The van der Waals surface area contributed by atoms with Gasteiger partial charge in [0.1, 0.15) is 23.0 Å². The summed E-state index contributed by atoms with van der Waals surface area (Å²) < 4.78 is 50.1. The van der Waals surface area contributed by atoms with Crippen molar-refractivity contribution in [3.05, 3.63) is 101 Å². The van der Waals surface area contributed by atoms with E-state index in [4.69, 9.17) is 9.52 Å². The number of rotatable bonds is 12. The van der Waals surface area contributed by atoms with E-state index < -0.39 is 27.3 Å². The molecule has 1 saturated carbocycles. The SMILES string of the molecule is CCCCC1=NC2(CCCC2)C(=O)N1Cc1ccc(-c2ccccc2S(=O)(=O)Nc2noc(C)c2C)c(CN(C)C(=O)c2ccccc2F)c1. The zero-order chi connectivity index (χ0) is 35.6. The number of hydrogen-bond donors (Lipinski definition) is 1. The minimum Gasteiger partial charge on any atom is -0.359 e. The van der Waals surface area contributed by atoms with E-state index in [9.17, 15) is 22.4 Å². The van der Waals surface area contributed by atoms with Crippen LogP contribution < -0.4 is 4.72 Å². The fourth-order valence-electron chi connectivity index (χ4n) is 6.81. The Balaban J connectivity index is 1.40. The summed E-state index contributed by atoms with van der Waals surface area (Å²) in [6.07, 6.45) is 6.03. The van der Waals surface area contributed by atoms with Crippen LogP contribution in [0.1, 0.15) is 84.7 Å². The number of unbranched alkanes of at least 4 members (excludes halogenated alkanes) is 1. The summed E-state index contributed by atoms with van der Waals surface area (Å²) in [5.74, 6) is 0.266. The lowest BCUT2D eigenvalue weighted by molar-refractivity contribution is -0.131. The molecule has 2 heterocycles. The summed E-state index contributed by atoms with van der Waals surface area (Å²) in [7, 11) is -2.57. The Morgan fingerprint density at radius 2 is 1.76 bits per heavy atom. The summed E-state index contributed by atoms with van der Waals surface area (Å²) in [5, 5.41) is 3.88. The molecule has 1 aromatic heterocycles. The number of sulfonamides is 1. The highest BCUT2D eigenvalue weighted by atomic mass is 32.2. The van der Waals surface area contributed by atoms with Gasteiger partial charge in [-0.15, -0.1) is 0 Å². The monoisotopic (exact) mass is 699 g/mol. The van der Waals surface area contributed by atoms with Crippen molar-refractivity contribution in [2.75, 3.05) is 11.8 Å². The molecule has 4 aromatic rings. The predicted molar refractivity (Wildman–Crippen MR) is 190 cm³/mol. The van der Waals surface area contributed by atoms with Crippen LogP contribution in [0.25, 0.3) is 11.1 Å². The lowest BCUT2D eigenvalue weighted by Gasteiger charge is -2.24. The van der Waals surface area contributed by atoms with Crippen molar-refractivity contribution in [3.8, 4) is 11.1 Å². The van der Waals surface area contributed by atoms with Gasteiger partial charge in [0.15, 0.2) is 5.82 Å². The van der Waals surface area contributed by atoms with Crippen molar-refractivity contribution in [1.82, 2.24) is 15.0 Å². The molecule has 0 saturated heterocycles. The van der Waals surface area contributed by atoms with E-state index in [1.807, 2.05) is 18.2 Å². The van der Waals surface area contributed by atoms with Gasteiger partial charge in [-0.05, 0) is 68.0 Å². The van der Waals surface area contributed by atoms with Gasteiger partial charge >= 0.3 is 0 Å². The second kappa shape index (κ2) is 14.2. The van der Waals surface area contributed by atoms with Crippen molar-refractivity contribution in [1.29, 1.82) is 0 Å². The average molecular weight is 700 g/mol. The maximum atomic E-state index is 14.7. The number of amidine groups is 1. The molecule has 262 valence electrons. The standard InChI is InChI=1S/C38H42FN5O5S/c1-5-6-17-34-40-38(20-11-12-21-38)37(46)44(34)23-27-18-19-29(28(22-27)24-43(4)36(45)31-14-7-9-15-32(31)39)30-13-8-10-16-33(30)50(47,48)42-35-25(2)26(3)49-41-35/h7-10,13-16,18-19,22H,5-6,11-12,17,20-21,23-24H2,1-4H3,(H,41,42). The maximum absolute atomic E-state index is 14.7. The van der Waals surface area contributed by atoms with Gasteiger partial charge in [-0.25, -0.2) is 12.8 Å². The van der Waals surface area contributed by atoms with E-state index in [0.29, 0.717) is 34.4 Å². The molecule has 10 nitrogen and oxygen atoms in total. The number of hydrogen-bond acceptors (Lipinski definition) is 7. The van der Waals surface area contributed by atoms with Crippen LogP contribution in [-0.4, -0.2) is 53.6 Å². The first kappa shape index (κ1) is 35.0. The third kappa shape index (κ3) is 6.81. The molecule has 0 bridgehead atoms. The molecule has 1 N–H and O–H groups in total. The quantitative estimate of drug-likeness (QED) is 0.164. The van der Waals surface area contributed by atoms with Gasteiger partial charge in [0.05, 0.1) is 17.0 Å². The number of carbonyl (C=O) groups is 2. The van der Waals surface area contributed by atoms with E-state index in [1.54, 1.807) is 50.1 Å². The molecule has 12 heteroatoms. The Labute approximate surface area is 292 Å². The fraction of sp³-hybridized carbons (Fsp3) is 0.368. The summed E-state index contributed by atoms with van der Waals surface area (Å²) in [6, 6.07) is 18.0. The highest BCUT2D eigenvalue weighted by Crippen LogP contribution is 2.40. The van der Waals surface area contributed by atoms with E-state index in [-0.39, 0.29) is 35.3 Å². The number of aryl methyl sites for hydroxylation is 1. The van der Waals surface area contributed by atoms with E-state index >= 15 is 0 Å². The molecule has 2 aliphatic rings. The molecule has 1 fully saturated rings. The van der Waals surface area contributed by atoms with Gasteiger partial charge in [0, 0.05) is 31.1 Å². The van der Waals surface area contributed by atoms with Crippen LogP contribution in [0.15, 0.2) is 81.1 Å². The van der Waals surface area contributed by atoms with Crippen molar-refractivity contribution in [2.24, 2.45) is 4.99 Å². The molecule has 1 aliphatic carbocycles. The number of anilines is 1. The smallest absolute Gasteiger partial charge is 0.263 e. The number of nitrogens with one attached hydrogen (secondary N) is 1. The van der Waals surface area contributed by atoms with Crippen molar-refractivity contribution in [2.45, 2.75) is 89.2 Å². The molecule has 0 unspecified atom stereocenters. The number of amides is 2. The number of halogens is 1. The highest BCUT2D eigenvalue weighted by Gasteiger charge is 2.49. The first-order valence-electron chi connectivity index (χ1n) is 17.0. The minimum atomic E-state index is -4.15. The summed E-state index contributed by atoms with van der Waals surface area (Å²) in [5.41, 5.74) is 2.21. The molecule has 1 aliphatic heterocycles. The van der Waals surface area contributed by atoms with Crippen LogP contribution in [0.4, 0.5) is 10.2 Å². The van der Waals surface area contributed by atoms with Gasteiger partial charge in [-0.2, -0.15) is 0 Å². The van der Waals surface area contributed by atoms with E-state index in [1.165, 1.54) is 29.2 Å². The van der Waals surface area contributed by atoms with Gasteiger partial charge in [0.25, 0.3) is 21.8 Å². The van der Waals surface area contributed by atoms with Crippen LogP contribution in [-0.2, 0) is 27.9 Å². The highest BCUT2D eigenvalue weighted by molar-refractivity contribution is 7.92. The summed E-state index contributed by atoms with van der Waals surface area (Å²) in [4.78, 5) is 35.6. The number of carbonyl (C=O) groups excluding carboxylic acids is 2. The molecule has 6 rings (SSSR count). The minimum absolute atomic E-state index is 0.00372. The summed E-state index contributed by atoms with van der Waals surface area (Å²) in [6.45, 7) is 5.84. The van der Waals surface area contributed by atoms with Crippen LogP contribution in [0.3, 0.4) is 0 Å². The molecule has 1 spiro atoms. The summed E-state index contributed by atoms with van der Waals surface area (Å²) >= 11 is 0. The zero-order valence-corrected chi connectivity index (χ0v) is 29.6. The Morgan fingerprint density at radius 1 is 1.04 bits per heavy atom. The molecule has 0 atom stereocenters. The van der Waals surface area contributed by atoms with Crippen LogP contribution in [0, 0.1) is 19.7 Å². The largest absolute Gasteiger partial charge is 0.359 e. The zero-order valence-electron chi connectivity index (χ0n) is 28.8. The van der Waals surface area contributed by atoms with E-state index in [2.05, 4.69) is 16.8 Å². The molecule has 50 heavy (non-hydrogen) atoms. The molecule has 3 aromatic carbocycles. The lowest BCUT2D eigenvalue weighted by Crippen LogP contribution is -2.40. The first-order valence-corrected chi connectivity index (χ1v) is 18.5. The predicted octanol–water partition coefficient (Wildman–Crippen LogP) is 7.41. The molecular weight excluding hydrogens is 658 g/mol. The number of benzene rings is 3. The van der Waals surface area contributed by atoms with Crippen LogP contribution in [0.5, 0.6) is 0 Å². The van der Waals surface area contributed by atoms with Crippen LogP contribution >= 0.6 is 0 Å². The van der Waals surface area contributed by atoms with Crippen molar-refractivity contribution >= 4 is 33.5 Å². The van der Waals surface area contributed by atoms with Gasteiger partial charge in [0.2, 0.25) is 0 Å². The Morgan fingerprint density at radius 3 is 2.46 bits per heavy atom. The van der Waals surface area contributed by atoms with E-state index in [0.717, 1.165) is 49.9 Å². The average Bonchev–Trinajstić information content (AvgIpc) is 3.78. The topological polar surface area (TPSA) is 125 Å². The van der Waals surface area contributed by atoms with Gasteiger partial charge in [-0.3, -0.25) is 24.2 Å². The second-order valence-corrected chi connectivity index (χ2v) is 14.9. The number of aliphatic imine (C=N–C) groups is 1. The van der Waals surface area contributed by atoms with Gasteiger partial charge in [-0.1, -0.05) is 79.9 Å². The third-order valence-corrected chi connectivity index (χ3v) is 11.1. The molecule has 2 amide bonds. The fourth-order valence-corrected chi connectivity index (χ4v) is 8.09. The maximum Gasteiger partial charge on any atom is 0.263 e. The normalized spacial score (nSPS) is 15.5. The first-order chi connectivity index (χ1) is 23.9. The molecular formula is C38H42FN5O5S. The Hall–Kier alpha value is -4.84. The number of nitrogens with zero attached hydrogens (tertiary/aromatic N) is 4. The Bertz CT molecular complexity index is 2070. The second-order valence-electron chi connectivity index (χ2n) is 13.2. The number of aromatic nitrogens is 1. The Kier molecular flexibility index (Phi) is 9.93.